The van der Waals surface area contributed by atoms with Crippen LogP contribution in [-0.2, 0) is 0 Å². The third-order valence-corrected chi connectivity index (χ3v) is 5.60. The molecule has 6 nitrogen and oxygen atoms in total. The molecule has 0 radical (unpaired) electrons. The molecule has 2 aromatic rings. The van der Waals surface area contributed by atoms with Crippen LogP contribution >= 0.6 is 0 Å². The first-order chi connectivity index (χ1) is 13.1. The molecule has 1 aromatic heterocycles. The van der Waals surface area contributed by atoms with Gasteiger partial charge < -0.3 is 15.3 Å². The molecule has 2 aliphatic rings. The molecule has 2 N–H and O–H groups in total. The van der Waals surface area contributed by atoms with Crippen molar-refractivity contribution in [1.29, 1.82) is 0 Å². The average Bonchev–Trinajstić information content (AvgIpc) is 2.62. The average molecular weight is 366 g/mol. The molecule has 1 aromatic carbocycles. The van der Waals surface area contributed by atoms with E-state index in [1.165, 1.54) is 19.3 Å². The Balaban J connectivity index is 1.40. The zero-order valence-corrected chi connectivity index (χ0v) is 15.6. The van der Waals surface area contributed by atoms with Gasteiger partial charge in [-0.05, 0) is 44.4 Å². The molecule has 1 aliphatic heterocycles. The minimum atomic E-state index is -0.650. The molecule has 6 heteroatoms. The molecule has 1 saturated heterocycles. The SMILES string of the molecule is Cc1cc(C2CCC2)nc(N[C@H]2CCN(C(=O)c3ccccc3)C[C@@H]2O)n1. The van der Waals surface area contributed by atoms with Crippen LogP contribution in [-0.4, -0.2) is 51.1 Å². The first-order valence-electron chi connectivity index (χ1n) is 9.74. The Kier molecular flexibility index (Phi) is 5.07. The molecule has 1 amide bonds. The molecular weight excluding hydrogens is 340 g/mol. The summed E-state index contributed by atoms with van der Waals surface area (Å²) < 4.78 is 0. The predicted molar refractivity (Wildman–Crippen MR) is 104 cm³/mol. The summed E-state index contributed by atoms with van der Waals surface area (Å²) in [4.78, 5) is 23.5. The van der Waals surface area contributed by atoms with Gasteiger partial charge in [-0.15, -0.1) is 0 Å². The molecule has 2 fully saturated rings. The maximum absolute atomic E-state index is 12.6. The second-order valence-electron chi connectivity index (χ2n) is 7.61. The molecule has 1 saturated carbocycles. The van der Waals surface area contributed by atoms with E-state index in [1.807, 2.05) is 37.3 Å². The molecule has 0 bridgehead atoms. The van der Waals surface area contributed by atoms with Crippen molar-refractivity contribution in [3.8, 4) is 0 Å². The number of β-amino-alcohol motifs (C(OH)–C–C–N with tert-alkyl or cyclic N) is 1. The molecular formula is C21H26N4O2. The molecule has 0 unspecified atom stereocenters. The van der Waals surface area contributed by atoms with Crippen molar-refractivity contribution in [3.05, 3.63) is 53.3 Å². The maximum atomic E-state index is 12.6. The van der Waals surface area contributed by atoms with Crippen LogP contribution in [0.4, 0.5) is 5.95 Å². The van der Waals surface area contributed by atoms with Gasteiger partial charge in [-0.25, -0.2) is 9.97 Å². The Morgan fingerprint density at radius 3 is 2.63 bits per heavy atom. The summed E-state index contributed by atoms with van der Waals surface area (Å²) in [6.45, 7) is 2.89. The number of aliphatic hydroxyl groups is 1. The van der Waals surface area contributed by atoms with Crippen molar-refractivity contribution in [1.82, 2.24) is 14.9 Å². The standard InChI is InChI=1S/C21H26N4O2/c1-14-12-18(15-8-5-9-15)24-21(22-14)23-17-10-11-25(13-19(17)26)20(27)16-6-3-2-4-7-16/h2-4,6-7,12,15,17,19,26H,5,8-11,13H2,1H3,(H,22,23,24)/t17-,19-/m0/s1. The fourth-order valence-corrected chi connectivity index (χ4v) is 3.78. The van der Waals surface area contributed by atoms with Crippen LogP contribution in [0.2, 0.25) is 0 Å². The van der Waals surface area contributed by atoms with Gasteiger partial charge in [-0.1, -0.05) is 24.6 Å². The lowest BCUT2D eigenvalue weighted by Crippen LogP contribution is -2.51. The van der Waals surface area contributed by atoms with Crippen LogP contribution in [0.1, 0.15) is 53.3 Å². The normalized spacial score (nSPS) is 23.0. The van der Waals surface area contributed by atoms with E-state index in [-0.39, 0.29) is 11.9 Å². The van der Waals surface area contributed by atoms with Crippen LogP contribution in [0.25, 0.3) is 0 Å². The third kappa shape index (κ3) is 3.95. The van der Waals surface area contributed by atoms with Crippen molar-refractivity contribution in [3.63, 3.8) is 0 Å². The van der Waals surface area contributed by atoms with Crippen molar-refractivity contribution < 1.29 is 9.90 Å². The molecule has 27 heavy (non-hydrogen) atoms. The van der Waals surface area contributed by atoms with Gasteiger partial charge in [0.05, 0.1) is 12.1 Å². The second kappa shape index (κ2) is 7.64. The van der Waals surface area contributed by atoms with Gasteiger partial charge in [-0.2, -0.15) is 0 Å². The van der Waals surface area contributed by atoms with Gasteiger partial charge in [0, 0.05) is 36.0 Å². The number of benzene rings is 1. The van der Waals surface area contributed by atoms with Crippen LogP contribution in [0.15, 0.2) is 36.4 Å². The first kappa shape index (κ1) is 17.9. The highest BCUT2D eigenvalue weighted by atomic mass is 16.3. The second-order valence-corrected chi connectivity index (χ2v) is 7.61. The van der Waals surface area contributed by atoms with Crippen molar-refractivity contribution in [2.24, 2.45) is 0 Å². The lowest BCUT2D eigenvalue weighted by molar-refractivity contribution is 0.0425. The summed E-state index contributed by atoms with van der Waals surface area (Å²) in [5, 5.41) is 13.9. The number of nitrogens with zero attached hydrogens (tertiary/aromatic N) is 3. The van der Waals surface area contributed by atoms with E-state index in [4.69, 9.17) is 0 Å². The van der Waals surface area contributed by atoms with Crippen LogP contribution in [0, 0.1) is 6.92 Å². The number of carbonyl (C=O) groups is 1. The number of likely N-dealkylation sites (tertiary alicyclic amines) is 1. The summed E-state index contributed by atoms with van der Waals surface area (Å²) in [6, 6.07) is 11.1. The predicted octanol–water partition coefficient (Wildman–Crippen LogP) is 2.74. The number of piperidine rings is 1. The molecule has 2 atom stereocenters. The number of aliphatic hydroxyl groups excluding tert-OH is 1. The number of hydrogen-bond donors (Lipinski definition) is 2. The molecule has 4 rings (SSSR count). The van der Waals surface area contributed by atoms with Gasteiger partial charge in [0.25, 0.3) is 5.91 Å². The van der Waals surface area contributed by atoms with Crippen molar-refractivity contribution >= 4 is 11.9 Å². The quantitative estimate of drug-likeness (QED) is 0.870. The highest BCUT2D eigenvalue weighted by Crippen LogP contribution is 2.35. The lowest BCUT2D eigenvalue weighted by Gasteiger charge is -2.36. The monoisotopic (exact) mass is 366 g/mol. The van der Waals surface area contributed by atoms with Crippen LogP contribution < -0.4 is 5.32 Å². The van der Waals surface area contributed by atoms with Crippen LogP contribution in [0.3, 0.4) is 0 Å². The van der Waals surface area contributed by atoms with Gasteiger partial charge in [-0.3, -0.25) is 4.79 Å². The minimum absolute atomic E-state index is 0.0350. The summed E-state index contributed by atoms with van der Waals surface area (Å²) >= 11 is 0. The summed E-state index contributed by atoms with van der Waals surface area (Å²) in [5.74, 6) is 1.10. The topological polar surface area (TPSA) is 78.4 Å². The van der Waals surface area contributed by atoms with E-state index < -0.39 is 6.10 Å². The number of anilines is 1. The van der Waals surface area contributed by atoms with E-state index in [1.54, 1.807) is 4.90 Å². The fraction of sp³-hybridized carbons (Fsp3) is 0.476. The summed E-state index contributed by atoms with van der Waals surface area (Å²) in [5.41, 5.74) is 2.70. The Labute approximate surface area is 159 Å². The number of rotatable bonds is 4. The Morgan fingerprint density at radius 2 is 1.96 bits per heavy atom. The summed E-state index contributed by atoms with van der Waals surface area (Å²) in [7, 11) is 0. The number of nitrogens with one attached hydrogen (secondary N) is 1. The van der Waals surface area contributed by atoms with Crippen LogP contribution in [0.5, 0.6) is 0 Å². The number of hydrogen-bond acceptors (Lipinski definition) is 5. The molecule has 2 heterocycles. The zero-order chi connectivity index (χ0) is 18.8. The van der Waals surface area contributed by atoms with Gasteiger partial charge in [0.1, 0.15) is 0 Å². The number of amides is 1. The molecule has 1 aliphatic carbocycles. The van der Waals surface area contributed by atoms with E-state index in [0.717, 1.165) is 11.4 Å². The van der Waals surface area contributed by atoms with E-state index in [0.29, 0.717) is 36.9 Å². The van der Waals surface area contributed by atoms with Gasteiger partial charge >= 0.3 is 0 Å². The Hall–Kier alpha value is -2.47. The third-order valence-electron chi connectivity index (χ3n) is 5.60. The van der Waals surface area contributed by atoms with Gasteiger partial charge in [0.2, 0.25) is 5.95 Å². The largest absolute Gasteiger partial charge is 0.389 e. The first-order valence-corrected chi connectivity index (χ1v) is 9.74. The minimum Gasteiger partial charge on any atom is -0.389 e. The van der Waals surface area contributed by atoms with E-state index in [9.17, 15) is 9.90 Å². The molecule has 142 valence electrons. The van der Waals surface area contributed by atoms with Gasteiger partial charge in [0.15, 0.2) is 0 Å². The molecule has 0 spiro atoms. The number of aromatic nitrogens is 2. The zero-order valence-electron chi connectivity index (χ0n) is 15.6. The number of carbonyl (C=O) groups excluding carboxylic acids is 1. The summed E-state index contributed by atoms with van der Waals surface area (Å²) in [6.07, 6.45) is 3.67. The maximum Gasteiger partial charge on any atom is 0.253 e. The highest BCUT2D eigenvalue weighted by Gasteiger charge is 2.31. The lowest BCUT2D eigenvalue weighted by atomic mass is 9.83. The highest BCUT2D eigenvalue weighted by molar-refractivity contribution is 5.94. The van der Waals surface area contributed by atoms with Crippen molar-refractivity contribution in [2.45, 2.75) is 50.7 Å². The Bertz CT molecular complexity index is 807. The van der Waals surface area contributed by atoms with Crippen molar-refractivity contribution in [2.75, 3.05) is 18.4 Å². The Morgan fingerprint density at radius 1 is 1.19 bits per heavy atom. The number of aryl methyl sites for hydroxylation is 1. The van der Waals surface area contributed by atoms with E-state index >= 15 is 0 Å². The smallest absolute Gasteiger partial charge is 0.253 e. The van der Waals surface area contributed by atoms with E-state index in [2.05, 4.69) is 21.4 Å². The fourth-order valence-electron chi connectivity index (χ4n) is 3.78.